The summed E-state index contributed by atoms with van der Waals surface area (Å²) < 4.78 is 5.16. The van der Waals surface area contributed by atoms with Gasteiger partial charge in [0.1, 0.15) is 5.76 Å². The van der Waals surface area contributed by atoms with Gasteiger partial charge in [-0.05, 0) is 19.9 Å². The zero-order chi connectivity index (χ0) is 11.0. The van der Waals surface area contributed by atoms with Crippen LogP contribution in [-0.4, -0.2) is 19.1 Å². The van der Waals surface area contributed by atoms with Gasteiger partial charge >= 0.3 is 0 Å². The molecule has 0 saturated heterocycles. The van der Waals surface area contributed by atoms with Crippen molar-refractivity contribution in [2.45, 2.75) is 27.2 Å². The second-order valence-electron chi connectivity index (χ2n) is 3.02. The fraction of sp³-hybridized carbons (Fsp3) is 0.545. The van der Waals surface area contributed by atoms with E-state index in [1.807, 2.05) is 26.8 Å². The van der Waals surface area contributed by atoms with Gasteiger partial charge in [-0.3, -0.25) is 4.79 Å². The molecule has 14 heavy (non-hydrogen) atoms. The molecule has 1 amide bonds. The Labute approximate surface area is 85.8 Å². The minimum atomic E-state index is 0.0553. The van der Waals surface area contributed by atoms with E-state index in [0.29, 0.717) is 25.3 Å². The molecule has 0 unspecified atom stereocenters. The van der Waals surface area contributed by atoms with Gasteiger partial charge in [0.2, 0.25) is 5.91 Å². The van der Waals surface area contributed by atoms with Crippen LogP contribution in [0.1, 0.15) is 27.2 Å². The van der Waals surface area contributed by atoms with Gasteiger partial charge in [-0.1, -0.05) is 19.1 Å². The van der Waals surface area contributed by atoms with Crippen molar-refractivity contribution in [1.82, 2.24) is 5.32 Å². The molecule has 3 nitrogen and oxygen atoms in total. The van der Waals surface area contributed by atoms with Crippen molar-refractivity contribution in [2.75, 3.05) is 13.2 Å². The number of rotatable bonds is 6. The highest BCUT2D eigenvalue weighted by Crippen LogP contribution is 2.00. The van der Waals surface area contributed by atoms with Crippen molar-refractivity contribution in [1.29, 1.82) is 0 Å². The van der Waals surface area contributed by atoms with E-state index < -0.39 is 0 Å². The third-order valence-corrected chi connectivity index (χ3v) is 1.62. The number of amides is 1. The van der Waals surface area contributed by atoms with Gasteiger partial charge in [-0.25, -0.2) is 0 Å². The van der Waals surface area contributed by atoms with Crippen LogP contribution in [0.4, 0.5) is 0 Å². The summed E-state index contributed by atoms with van der Waals surface area (Å²) in [5.41, 5.74) is 1.03. The number of carbonyl (C=O) groups excluding carboxylic acids is 1. The minimum absolute atomic E-state index is 0.0553. The summed E-state index contributed by atoms with van der Waals surface area (Å²) in [7, 11) is 0. The van der Waals surface area contributed by atoms with Crippen LogP contribution in [0.5, 0.6) is 0 Å². The van der Waals surface area contributed by atoms with Crippen LogP contribution in [0.2, 0.25) is 0 Å². The van der Waals surface area contributed by atoms with E-state index in [0.717, 1.165) is 5.57 Å². The molecule has 0 aromatic carbocycles. The fourth-order valence-electron chi connectivity index (χ4n) is 0.916. The second kappa shape index (κ2) is 7.18. The van der Waals surface area contributed by atoms with Crippen molar-refractivity contribution in [3.05, 3.63) is 24.0 Å². The number of carbonyl (C=O) groups is 1. The average Bonchev–Trinajstić information content (AvgIpc) is 2.14. The molecule has 0 spiro atoms. The van der Waals surface area contributed by atoms with Gasteiger partial charge in [-0.2, -0.15) is 0 Å². The van der Waals surface area contributed by atoms with E-state index in [-0.39, 0.29) is 5.91 Å². The van der Waals surface area contributed by atoms with Crippen LogP contribution >= 0.6 is 0 Å². The summed E-state index contributed by atoms with van der Waals surface area (Å²) >= 11 is 0. The Morgan fingerprint density at radius 3 is 2.64 bits per heavy atom. The lowest BCUT2D eigenvalue weighted by atomic mass is 10.2. The molecule has 0 heterocycles. The Kier molecular flexibility index (Phi) is 6.54. The molecule has 0 aromatic heterocycles. The third kappa shape index (κ3) is 6.29. The summed E-state index contributed by atoms with van der Waals surface area (Å²) in [6.07, 6.45) is 2.35. The lowest BCUT2D eigenvalue weighted by Gasteiger charge is -2.05. The SMILES string of the molecule is C=C(/C=C(\C)CNC(=O)CC)OCC. The molecule has 0 aliphatic rings. The van der Waals surface area contributed by atoms with Gasteiger partial charge in [0.25, 0.3) is 0 Å². The van der Waals surface area contributed by atoms with E-state index in [9.17, 15) is 4.79 Å². The molecule has 0 saturated carbocycles. The molecule has 0 fully saturated rings. The number of hydrogen-bond donors (Lipinski definition) is 1. The number of hydrogen-bond acceptors (Lipinski definition) is 2. The van der Waals surface area contributed by atoms with Crippen LogP contribution in [0, 0.1) is 0 Å². The molecule has 0 atom stereocenters. The zero-order valence-corrected chi connectivity index (χ0v) is 9.22. The average molecular weight is 197 g/mol. The van der Waals surface area contributed by atoms with E-state index in [1.54, 1.807) is 0 Å². The second-order valence-corrected chi connectivity index (χ2v) is 3.02. The quantitative estimate of drug-likeness (QED) is 0.522. The molecule has 0 aliphatic carbocycles. The molecule has 80 valence electrons. The van der Waals surface area contributed by atoms with Crippen LogP contribution in [0.25, 0.3) is 0 Å². The Hall–Kier alpha value is -1.25. The molecular weight excluding hydrogens is 178 g/mol. The predicted molar refractivity (Wildman–Crippen MR) is 57.8 cm³/mol. The fourth-order valence-corrected chi connectivity index (χ4v) is 0.916. The third-order valence-electron chi connectivity index (χ3n) is 1.62. The topological polar surface area (TPSA) is 38.3 Å². The summed E-state index contributed by atoms with van der Waals surface area (Å²) in [4.78, 5) is 10.9. The Morgan fingerprint density at radius 1 is 1.50 bits per heavy atom. The first-order valence-corrected chi connectivity index (χ1v) is 4.85. The summed E-state index contributed by atoms with van der Waals surface area (Å²) in [6.45, 7) is 10.6. The predicted octanol–water partition coefficient (Wildman–Crippen LogP) is 2.01. The zero-order valence-electron chi connectivity index (χ0n) is 9.22. The van der Waals surface area contributed by atoms with Crippen LogP contribution in [0.15, 0.2) is 24.0 Å². The van der Waals surface area contributed by atoms with Crippen molar-refractivity contribution in [2.24, 2.45) is 0 Å². The molecule has 0 bridgehead atoms. The first-order chi connectivity index (χ1) is 6.60. The maximum atomic E-state index is 10.9. The Bertz CT molecular complexity index is 231. The highest BCUT2D eigenvalue weighted by Gasteiger charge is 1.97. The van der Waals surface area contributed by atoms with Gasteiger partial charge in [-0.15, -0.1) is 0 Å². The molecule has 0 rings (SSSR count). The molecular formula is C11H19NO2. The number of allylic oxidation sites excluding steroid dienone is 1. The Balaban J connectivity index is 3.88. The van der Waals surface area contributed by atoms with Crippen molar-refractivity contribution >= 4 is 5.91 Å². The van der Waals surface area contributed by atoms with Gasteiger partial charge in [0.05, 0.1) is 6.61 Å². The lowest BCUT2D eigenvalue weighted by molar-refractivity contribution is -0.120. The van der Waals surface area contributed by atoms with E-state index in [1.165, 1.54) is 0 Å². The molecule has 1 N–H and O–H groups in total. The van der Waals surface area contributed by atoms with Gasteiger partial charge < -0.3 is 10.1 Å². The van der Waals surface area contributed by atoms with Crippen molar-refractivity contribution in [3.63, 3.8) is 0 Å². The standard InChI is InChI=1S/C11H19NO2/c1-5-11(13)12-8-9(3)7-10(4)14-6-2/h7H,4-6,8H2,1-3H3,(H,12,13)/b9-7+. The lowest BCUT2D eigenvalue weighted by Crippen LogP contribution is -2.23. The number of nitrogens with one attached hydrogen (secondary N) is 1. The van der Waals surface area contributed by atoms with E-state index in [4.69, 9.17) is 4.74 Å². The minimum Gasteiger partial charge on any atom is -0.495 e. The van der Waals surface area contributed by atoms with Crippen LogP contribution in [-0.2, 0) is 9.53 Å². The van der Waals surface area contributed by atoms with Gasteiger partial charge in [0, 0.05) is 13.0 Å². The largest absolute Gasteiger partial charge is 0.495 e. The Morgan fingerprint density at radius 2 is 2.14 bits per heavy atom. The molecule has 0 aromatic rings. The first kappa shape index (κ1) is 12.8. The van der Waals surface area contributed by atoms with Crippen molar-refractivity contribution in [3.8, 4) is 0 Å². The summed E-state index contributed by atoms with van der Waals surface area (Å²) in [5.74, 6) is 0.690. The van der Waals surface area contributed by atoms with Crippen LogP contribution < -0.4 is 5.32 Å². The molecule has 3 heteroatoms. The smallest absolute Gasteiger partial charge is 0.219 e. The van der Waals surface area contributed by atoms with E-state index >= 15 is 0 Å². The molecule has 0 aliphatic heterocycles. The number of ether oxygens (including phenoxy) is 1. The highest BCUT2D eigenvalue weighted by molar-refractivity contribution is 5.75. The highest BCUT2D eigenvalue weighted by atomic mass is 16.5. The van der Waals surface area contributed by atoms with Crippen LogP contribution in [0.3, 0.4) is 0 Å². The normalized spacial score (nSPS) is 10.9. The maximum Gasteiger partial charge on any atom is 0.219 e. The van der Waals surface area contributed by atoms with Gasteiger partial charge in [0.15, 0.2) is 0 Å². The van der Waals surface area contributed by atoms with Crippen molar-refractivity contribution < 1.29 is 9.53 Å². The maximum absolute atomic E-state index is 10.9. The van der Waals surface area contributed by atoms with E-state index in [2.05, 4.69) is 11.9 Å². The first-order valence-electron chi connectivity index (χ1n) is 4.85. The monoisotopic (exact) mass is 197 g/mol. The molecule has 0 radical (unpaired) electrons. The summed E-state index contributed by atoms with van der Waals surface area (Å²) in [6, 6.07) is 0. The summed E-state index contributed by atoms with van der Waals surface area (Å²) in [5, 5.41) is 2.78.